The van der Waals surface area contributed by atoms with Crippen LogP contribution in [0, 0.1) is 0 Å². The van der Waals surface area contributed by atoms with Crippen molar-refractivity contribution in [2.75, 3.05) is 39.0 Å². The molecule has 0 unspecified atom stereocenters. The fraction of sp³-hybridized carbons (Fsp3) is 0.667. The maximum absolute atomic E-state index is 13.2. The first-order chi connectivity index (χ1) is 11.3. The van der Waals surface area contributed by atoms with Crippen molar-refractivity contribution in [3.8, 4) is 0 Å². The Labute approximate surface area is 142 Å². The minimum absolute atomic E-state index is 0.0467. The number of fused-ring (bicyclic) bond motifs is 1. The monoisotopic (exact) mass is 360 g/mol. The highest BCUT2D eigenvalue weighted by atomic mass is 32.2. The van der Waals surface area contributed by atoms with Crippen molar-refractivity contribution in [2.24, 2.45) is 0 Å². The Morgan fingerprint density at radius 1 is 1.17 bits per heavy atom. The van der Waals surface area contributed by atoms with Crippen molar-refractivity contribution >= 4 is 17.7 Å². The first-order valence-electron chi connectivity index (χ1n) is 7.90. The Balaban J connectivity index is 1.68. The fourth-order valence-electron chi connectivity index (χ4n) is 2.98. The van der Waals surface area contributed by atoms with Crippen molar-refractivity contribution in [3.05, 3.63) is 17.0 Å². The van der Waals surface area contributed by atoms with Crippen LogP contribution in [0.3, 0.4) is 0 Å². The molecule has 1 aromatic heterocycles. The van der Waals surface area contributed by atoms with Crippen molar-refractivity contribution < 1.29 is 18.0 Å². The first-order valence-corrected chi connectivity index (χ1v) is 8.89. The predicted molar refractivity (Wildman–Crippen MR) is 83.9 cm³/mol. The molecular weight excluding hydrogens is 341 g/mol. The normalized spacial score (nSPS) is 18.8. The number of hydrogen-bond acceptors (Lipinski definition) is 5. The number of thioether (sulfide) groups is 1. The van der Waals surface area contributed by atoms with Gasteiger partial charge in [0.25, 0.3) is 0 Å². The van der Waals surface area contributed by atoms with Gasteiger partial charge in [0.05, 0.1) is 5.75 Å². The highest BCUT2D eigenvalue weighted by molar-refractivity contribution is 7.99. The minimum atomic E-state index is -4.48. The van der Waals surface area contributed by atoms with Gasteiger partial charge in [-0.1, -0.05) is 11.8 Å². The molecule has 0 bridgehead atoms. The number of likely N-dealkylation sites (N-methyl/N-ethyl adjacent to an activating group) is 1. The van der Waals surface area contributed by atoms with Crippen LogP contribution >= 0.6 is 11.8 Å². The number of aromatic nitrogens is 2. The minimum Gasteiger partial charge on any atom is -0.339 e. The average molecular weight is 360 g/mol. The number of amides is 1. The van der Waals surface area contributed by atoms with Gasteiger partial charge in [-0.2, -0.15) is 13.2 Å². The maximum atomic E-state index is 13.2. The van der Waals surface area contributed by atoms with E-state index in [1.807, 2.05) is 7.05 Å². The molecule has 0 atom stereocenters. The lowest BCUT2D eigenvalue weighted by molar-refractivity contribution is -0.142. The van der Waals surface area contributed by atoms with Crippen LogP contribution in [0.2, 0.25) is 0 Å². The number of piperazine rings is 1. The van der Waals surface area contributed by atoms with Gasteiger partial charge in [-0.3, -0.25) is 4.79 Å². The van der Waals surface area contributed by atoms with Crippen LogP contribution in [0.25, 0.3) is 0 Å². The number of carbonyl (C=O) groups excluding carboxylic acids is 1. The Kier molecular flexibility index (Phi) is 5.00. The molecule has 2 heterocycles. The molecule has 1 amide bonds. The third-order valence-electron chi connectivity index (χ3n) is 4.36. The quantitative estimate of drug-likeness (QED) is 0.608. The van der Waals surface area contributed by atoms with Crippen LogP contribution in [0.5, 0.6) is 0 Å². The van der Waals surface area contributed by atoms with Crippen LogP contribution in [-0.4, -0.2) is 64.7 Å². The Morgan fingerprint density at radius 2 is 1.88 bits per heavy atom. The number of rotatable bonds is 3. The van der Waals surface area contributed by atoms with Crippen molar-refractivity contribution in [1.82, 2.24) is 19.8 Å². The molecule has 0 aromatic carbocycles. The number of carbonyl (C=O) groups is 1. The van der Waals surface area contributed by atoms with Gasteiger partial charge in [0.15, 0.2) is 10.9 Å². The van der Waals surface area contributed by atoms with E-state index in [4.69, 9.17) is 0 Å². The van der Waals surface area contributed by atoms with E-state index in [0.29, 0.717) is 38.0 Å². The average Bonchev–Trinajstić information content (AvgIpc) is 2.99. The van der Waals surface area contributed by atoms with Gasteiger partial charge >= 0.3 is 6.18 Å². The summed E-state index contributed by atoms with van der Waals surface area (Å²) in [5.41, 5.74) is -0.135. The van der Waals surface area contributed by atoms with Gasteiger partial charge < -0.3 is 9.80 Å². The molecule has 1 aliphatic carbocycles. The van der Waals surface area contributed by atoms with E-state index < -0.39 is 11.9 Å². The number of alkyl halides is 3. The van der Waals surface area contributed by atoms with Crippen molar-refractivity contribution in [1.29, 1.82) is 0 Å². The highest BCUT2D eigenvalue weighted by Gasteiger charge is 2.38. The van der Waals surface area contributed by atoms with E-state index in [1.54, 1.807) is 4.90 Å². The predicted octanol–water partition coefficient (Wildman–Crippen LogP) is 1.85. The molecule has 1 aliphatic heterocycles. The smallest absolute Gasteiger partial charge is 0.339 e. The summed E-state index contributed by atoms with van der Waals surface area (Å²) in [6.45, 7) is 2.91. The lowest BCUT2D eigenvalue weighted by Crippen LogP contribution is -2.47. The Morgan fingerprint density at radius 3 is 2.54 bits per heavy atom. The zero-order valence-corrected chi connectivity index (χ0v) is 14.2. The zero-order chi connectivity index (χ0) is 17.3. The molecule has 1 saturated heterocycles. The molecule has 0 N–H and O–H groups in total. The standard InChI is InChI=1S/C15H19F3N4OS/c1-21-5-7-22(8-6-21)12(23)9-24-14-19-11-4-2-3-10(11)13(20-14)15(16,17)18/h2-9H2,1H3. The molecular formula is C15H19F3N4OS. The molecule has 3 rings (SSSR count). The molecule has 0 radical (unpaired) electrons. The van der Waals surface area contributed by atoms with Crippen LogP contribution in [0.15, 0.2) is 5.16 Å². The molecule has 0 saturated carbocycles. The van der Waals surface area contributed by atoms with E-state index in [-0.39, 0.29) is 22.4 Å². The summed E-state index contributed by atoms with van der Waals surface area (Å²) in [5.74, 6) is -0.00876. The van der Waals surface area contributed by atoms with Gasteiger partial charge in [-0.05, 0) is 26.3 Å². The molecule has 1 fully saturated rings. The summed E-state index contributed by atoms with van der Waals surface area (Å²) in [6.07, 6.45) is -2.90. The number of nitrogens with zero attached hydrogens (tertiary/aromatic N) is 4. The summed E-state index contributed by atoms with van der Waals surface area (Å²) in [7, 11) is 1.99. The van der Waals surface area contributed by atoms with Gasteiger partial charge in [0.1, 0.15) is 0 Å². The molecule has 132 valence electrons. The van der Waals surface area contributed by atoms with Gasteiger partial charge in [-0.15, -0.1) is 0 Å². The number of hydrogen-bond donors (Lipinski definition) is 0. The van der Waals surface area contributed by atoms with E-state index in [0.717, 1.165) is 24.9 Å². The lowest BCUT2D eigenvalue weighted by Gasteiger charge is -2.32. The van der Waals surface area contributed by atoms with Gasteiger partial charge in [-0.25, -0.2) is 9.97 Å². The summed E-state index contributed by atoms with van der Waals surface area (Å²) < 4.78 is 39.5. The van der Waals surface area contributed by atoms with Gasteiger partial charge in [0, 0.05) is 37.4 Å². The summed E-state index contributed by atoms with van der Waals surface area (Å²) >= 11 is 0.992. The Hall–Kier alpha value is -1.35. The largest absolute Gasteiger partial charge is 0.433 e. The summed E-state index contributed by atoms with van der Waals surface area (Å²) in [5, 5.41) is 0.0467. The third kappa shape index (κ3) is 3.83. The van der Waals surface area contributed by atoms with E-state index in [2.05, 4.69) is 14.9 Å². The summed E-state index contributed by atoms with van der Waals surface area (Å²) in [4.78, 5) is 24.0. The van der Waals surface area contributed by atoms with E-state index in [1.165, 1.54) is 0 Å². The second kappa shape index (κ2) is 6.87. The van der Waals surface area contributed by atoms with E-state index >= 15 is 0 Å². The van der Waals surface area contributed by atoms with Crippen molar-refractivity contribution in [2.45, 2.75) is 30.6 Å². The lowest BCUT2D eigenvalue weighted by atomic mass is 10.2. The SMILES string of the molecule is CN1CCN(C(=O)CSc2nc3c(c(C(F)(F)F)n2)CCC3)CC1. The second-order valence-electron chi connectivity index (χ2n) is 6.10. The molecule has 2 aliphatic rings. The summed E-state index contributed by atoms with van der Waals surface area (Å²) in [6, 6.07) is 0. The number of aryl methyl sites for hydroxylation is 1. The topological polar surface area (TPSA) is 49.3 Å². The molecule has 5 nitrogen and oxygen atoms in total. The van der Waals surface area contributed by atoms with E-state index in [9.17, 15) is 18.0 Å². The van der Waals surface area contributed by atoms with Gasteiger partial charge in [0.2, 0.25) is 5.91 Å². The first kappa shape index (κ1) is 17.5. The van der Waals surface area contributed by atoms with Crippen molar-refractivity contribution in [3.63, 3.8) is 0 Å². The van der Waals surface area contributed by atoms with Crippen LogP contribution in [0.1, 0.15) is 23.4 Å². The number of halogens is 3. The van der Waals surface area contributed by atoms with Crippen LogP contribution in [-0.2, 0) is 23.8 Å². The molecule has 9 heteroatoms. The highest BCUT2D eigenvalue weighted by Crippen LogP contribution is 2.36. The van der Waals surface area contributed by atoms with Crippen LogP contribution < -0.4 is 0 Å². The Bertz CT molecular complexity index is 630. The maximum Gasteiger partial charge on any atom is 0.433 e. The third-order valence-corrected chi connectivity index (χ3v) is 5.19. The van der Waals surface area contributed by atoms with Crippen LogP contribution in [0.4, 0.5) is 13.2 Å². The fourth-order valence-corrected chi connectivity index (χ4v) is 3.75. The molecule has 0 spiro atoms. The zero-order valence-electron chi connectivity index (χ0n) is 13.4. The second-order valence-corrected chi connectivity index (χ2v) is 7.05. The molecule has 1 aromatic rings. The molecule has 24 heavy (non-hydrogen) atoms.